The average Bonchev–Trinajstić information content (AvgIpc) is 3.18. The van der Waals surface area contributed by atoms with Crippen molar-refractivity contribution in [1.29, 1.82) is 5.26 Å². The molecule has 1 saturated carbocycles. The number of carbonyl (C=O) groups is 1. The average molecular weight is 463 g/mol. The molecule has 178 valence electrons. The van der Waals surface area contributed by atoms with Crippen molar-refractivity contribution in [2.45, 2.75) is 58.6 Å². The molecule has 0 aliphatic heterocycles. The molecule has 0 saturated heterocycles. The van der Waals surface area contributed by atoms with Gasteiger partial charge in [-0.3, -0.25) is 9.88 Å². The number of hydrogen-bond acceptors (Lipinski definition) is 6. The first-order valence-electron chi connectivity index (χ1n) is 11.5. The van der Waals surface area contributed by atoms with Gasteiger partial charge in [0.25, 0.3) is 0 Å². The van der Waals surface area contributed by atoms with Crippen molar-refractivity contribution < 1.29 is 15.0 Å². The predicted molar refractivity (Wildman–Crippen MR) is 127 cm³/mol. The number of nitriles is 1. The van der Waals surface area contributed by atoms with Crippen molar-refractivity contribution in [1.82, 2.24) is 19.5 Å². The topological polar surface area (TPSA) is 128 Å². The number of anilines is 1. The first kappa shape index (κ1) is 23.6. The maximum Gasteiger partial charge on any atom is 0.413 e. The Morgan fingerprint density at radius 3 is 2.76 bits per heavy atom. The van der Waals surface area contributed by atoms with Gasteiger partial charge in [0.05, 0.1) is 47.1 Å². The van der Waals surface area contributed by atoms with Crippen molar-refractivity contribution in [2.75, 3.05) is 11.4 Å². The highest BCUT2D eigenvalue weighted by Gasteiger charge is 2.35. The lowest BCUT2D eigenvalue weighted by Gasteiger charge is -2.39. The molecule has 1 aliphatic carbocycles. The molecule has 0 bridgehead atoms. The Kier molecular flexibility index (Phi) is 6.28. The molecule has 2 atom stereocenters. The van der Waals surface area contributed by atoms with E-state index in [-0.39, 0.29) is 17.2 Å². The minimum absolute atomic E-state index is 0.0280. The van der Waals surface area contributed by atoms with Crippen LogP contribution in [0.15, 0.2) is 36.9 Å². The van der Waals surface area contributed by atoms with Gasteiger partial charge in [0, 0.05) is 13.1 Å². The number of benzene rings is 1. The lowest BCUT2D eigenvalue weighted by atomic mass is 9.70. The third kappa shape index (κ3) is 5.02. The molecule has 9 nitrogen and oxygen atoms in total. The lowest BCUT2D eigenvalue weighted by Crippen LogP contribution is -2.39. The molecule has 2 aromatic heterocycles. The summed E-state index contributed by atoms with van der Waals surface area (Å²) in [7, 11) is 0. The molecule has 0 radical (unpaired) electrons. The summed E-state index contributed by atoms with van der Waals surface area (Å²) in [5.74, 6) is 0.437. The molecule has 34 heavy (non-hydrogen) atoms. The minimum atomic E-state index is -1.14. The molecular formula is C25H30N6O3. The molecule has 1 unspecified atom stereocenters. The summed E-state index contributed by atoms with van der Waals surface area (Å²) in [5, 5.41) is 29.2. The Morgan fingerprint density at radius 2 is 2.12 bits per heavy atom. The highest BCUT2D eigenvalue weighted by Crippen LogP contribution is 2.41. The second-order valence-corrected chi connectivity index (χ2v) is 10.2. The maximum atomic E-state index is 12.0. The maximum absolute atomic E-state index is 12.0. The van der Waals surface area contributed by atoms with Crippen molar-refractivity contribution in [3.8, 4) is 6.07 Å². The van der Waals surface area contributed by atoms with Gasteiger partial charge < -0.3 is 14.8 Å². The highest BCUT2D eigenvalue weighted by molar-refractivity contribution is 5.84. The number of rotatable bonds is 6. The Bertz CT molecular complexity index is 1220. The Labute approximate surface area is 198 Å². The van der Waals surface area contributed by atoms with E-state index < -0.39 is 11.7 Å². The van der Waals surface area contributed by atoms with Gasteiger partial charge in [-0.2, -0.15) is 5.26 Å². The molecular weight excluding hydrogens is 432 g/mol. The third-order valence-corrected chi connectivity index (χ3v) is 6.69. The fourth-order valence-corrected chi connectivity index (χ4v) is 4.99. The van der Waals surface area contributed by atoms with Crippen molar-refractivity contribution in [3.63, 3.8) is 0 Å². The van der Waals surface area contributed by atoms with Crippen molar-refractivity contribution >= 4 is 22.9 Å². The van der Waals surface area contributed by atoms with Gasteiger partial charge in [0.15, 0.2) is 5.82 Å². The monoisotopic (exact) mass is 462 g/mol. The van der Waals surface area contributed by atoms with Crippen LogP contribution in [0.1, 0.15) is 57.7 Å². The summed E-state index contributed by atoms with van der Waals surface area (Å²) in [6.45, 7) is 6.55. The normalized spacial score (nSPS) is 20.7. The van der Waals surface area contributed by atoms with Gasteiger partial charge in [-0.15, -0.1) is 0 Å². The fraction of sp³-hybridized carbons (Fsp3) is 0.480. The summed E-state index contributed by atoms with van der Waals surface area (Å²) >= 11 is 0. The molecule has 2 N–H and O–H groups in total. The van der Waals surface area contributed by atoms with E-state index in [1.807, 2.05) is 18.5 Å². The van der Waals surface area contributed by atoms with Gasteiger partial charge in [-0.25, -0.2) is 14.8 Å². The van der Waals surface area contributed by atoms with E-state index in [4.69, 9.17) is 0 Å². The van der Waals surface area contributed by atoms with Crippen LogP contribution >= 0.6 is 0 Å². The van der Waals surface area contributed by atoms with E-state index in [1.165, 1.54) is 17.3 Å². The first-order valence-corrected chi connectivity index (χ1v) is 11.5. The molecule has 0 spiro atoms. The van der Waals surface area contributed by atoms with Crippen LogP contribution in [-0.2, 0) is 12.1 Å². The van der Waals surface area contributed by atoms with Gasteiger partial charge in [0.2, 0.25) is 0 Å². The lowest BCUT2D eigenvalue weighted by molar-refractivity contribution is 0.0734. The van der Waals surface area contributed by atoms with Crippen LogP contribution in [-0.4, -0.2) is 42.4 Å². The van der Waals surface area contributed by atoms with Crippen LogP contribution in [0.5, 0.6) is 0 Å². The quantitative estimate of drug-likeness (QED) is 0.559. The summed E-state index contributed by atoms with van der Waals surface area (Å²) in [5.41, 5.74) is 1.63. The number of aromatic nitrogens is 4. The second kappa shape index (κ2) is 9.03. The van der Waals surface area contributed by atoms with Crippen molar-refractivity contribution in [3.05, 3.63) is 48.2 Å². The van der Waals surface area contributed by atoms with Crippen LogP contribution in [0.2, 0.25) is 0 Å². The number of aliphatic hydroxyl groups is 1. The van der Waals surface area contributed by atoms with Gasteiger partial charge >= 0.3 is 6.09 Å². The van der Waals surface area contributed by atoms with Crippen LogP contribution in [0.4, 0.5) is 10.6 Å². The van der Waals surface area contributed by atoms with E-state index in [0.717, 1.165) is 43.3 Å². The predicted octanol–water partition coefficient (Wildman–Crippen LogP) is 4.31. The van der Waals surface area contributed by atoms with Crippen LogP contribution < -0.4 is 4.90 Å². The van der Waals surface area contributed by atoms with E-state index in [1.54, 1.807) is 19.9 Å². The molecule has 1 amide bonds. The number of amides is 1. The van der Waals surface area contributed by atoms with Crippen LogP contribution in [0, 0.1) is 22.7 Å². The third-order valence-electron chi connectivity index (χ3n) is 6.69. The SMILES string of the molecule is CC(C)(O)c1cnc(N(CC2CCC[C@](C)(Cn3cnc4ccc(C#N)cc43)C2)C(=O)O)cn1. The van der Waals surface area contributed by atoms with E-state index in [0.29, 0.717) is 17.8 Å². The number of hydrogen-bond donors (Lipinski definition) is 2. The number of nitrogens with zero attached hydrogens (tertiary/aromatic N) is 6. The minimum Gasteiger partial charge on any atom is -0.465 e. The molecule has 2 heterocycles. The highest BCUT2D eigenvalue weighted by atomic mass is 16.4. The standard InChI is InChI=1S/C25H30N6O3/c1-24(2,34)21-12-28-22(13-27-21)31(23(32)33)14-18-5-4-8-25(3,10-18)15-30-16-29-19-7-6-17(11-26)9-20(19)30/h6-7,9,12-13,16,18,34H,4-5,8,10,14-15H2,1-3H3,(H,32,33)/t18?,25-/m0/s1. The fourth-order valence-electron chi connectivity index (χ4n) is 4.99. The zero-order valence-electron chi connectivity index (χ0n) is 19.8. The van der Waals surface area contributed by atoms with Gasteiger partial charge in [-0.1, -0.05) is 13.3 Å². The van der Waals surface area contributed by atoms with Crippen LogP contribution in [0.25, 0.3) is 11.0 Å². The zero-order valence-corrected chi connectivity index (χ0v) is 19.8. The number of carboxylic acid groups (broad SMARTS) is 1. The summed E-state index contributed by atoms with van der Waals surface area (Å²) in [4.78, 5) is 26.3. The van der Waals surface area contributed by atoms with Crippen LogP contribution in [0.3, 0.4) is 0 Å². The molecule has 4 rings (SSSR count). The van der Waals surface area contributed by atoms with E-state index in [9.17, 15) is 20.3 Å². The van der Waals surface area contributed by atoms with E-state index in [2.05, 4.69) is 32.5 Å². The molecule has 1 aliphatic rings. The Morgan fingerprint density at radius 1 is 1.32 bits per heavy atom. The molecule has 1 aromatic carbocycles. The van der Waals surface area contributed by atoms with E-state index >= 15 is 0 Å². The molecule has 1 fully saturated rings. The molecule has 9 heteroatoms. The number of imidazole rings is 1. The Hall–Kier alpha value is -3.51. The smallest absolute Gasteiger partial charge is 0.413 e. The number of fused-ring (bicyclic) bond motifs is 1. The summed E-state index contributed by atoms with van der Waals surface area (Å²) < 4.78 is 2.11. The van der Waals surface area contributed by atoms with Gasteiger partial charge in [0.1, 0.15) is 5.60 Å². The Balaban J connectivity index is 1.50. The van der Waals surface area contributed by atoms with Crippen molar-refractivity contribution in [2.24, 2.45) is 11.3 Å². The second-order valence-electron chi connectivity index (χ2n) is 10.2. The zero-order chi connectivity index (χ0) is 24.5. The first-order chi connectivity index (χ1) is 16.1. The molecule has 3 aromatic rings. The van der Waals surface area contributed by atoms with Gasteiger partial charge in [-0.05, 0) is 62.6 Å². The summed E-state index contributed by atoms with van der Waals surface area (Å²) in [6, 6.07) is 7.70. The largest absolute Gasteiger partial charge is 0.465 e. The summed E-state index contributed by atoms with van der Waals surface area (Å²) in [6.07, 6.45) is 7.44.